The molecular formula is C13H16ClF. The normalized spacial score (nSPS) is 13.3. The molecule has 0 heterocycles. The fourth-order valence-electron chi connectivity index (χ4n) is 1.48. The van der Waals surface area contributed by atoms with Gasteiger partial charge in [0, 0.05) is 5.56 Å². The molecule has 2 heteroatoms. The Hall–Kier alpha value is -0.820. The molecule has 0 spiro atoms. The summed E-state index contributed by atoms with van der Waals surface area (Å²) < 4.78 is 13.4. The Morgan fingerprint density at radius 2 is 2.20 bits per heavy atom. The van der Waals surface area contributed by atoms with Crippen LogP contribution in [-0.2, 0) is 0 Å². The first-order chi connectivity index (χ1) is 7.15. The first kappa shape index (κ1) is 12.3. The fourth-order valence-corrected chi connectivity index (χ4v) is 1.71. The van der Waals surface area contributed by atoms with E-state index in [1.54, 1.807) is 18.2 Å². The number of allylic oxidation sites excluding steroid dienone is 1. The number of rotatable bonds is 4. The predicted molar refractivity (Wildman–Crippen MR) is 64.5 cm³/mol. The van der Waals surface area contributed by atoms with Gasteiger partial charge in [0.2, 0.25) is 0 Å². The summed E-state index contributed by atoms with van der Waals surface area (Å²) in [5.41, 5.74) is 0.488. The molecule has 1 unspecified atom stereocenters. The van der Waals surface area contributed by atoms with Crippen molar-refractivity contribution in [3.05, 3.63) is 40.7 Å². The molecule has 1 atom stereocenters. The molecule has 0 N–H and O–H groups in total. The van der Waals surface area contributed by atoms with Gasteiger partial charge in [-0.3, -0.25) is 0 Å². The Morgan fingerprint density at radius 3 is 2.80 bits per heavy atom. The summed E-state index contributed by atoms with van der Waals surface area (Å²) in [7, 11) is 0. The van der Waals surface area contributed by atoms with Crippen LogP contribution in [0.3, 0.4) is 0 Å². The number of benzene rings is 1. The van der Waals surface area contributed by atoms with Crippen molar-refractivity contribution < 1.29 is 4.39 Å². The molecule has 0 aliphatic carbocycles. The Morgan fingerprint density at radius 1 is 1.47 bits per heavy atom. The maximum Gasteiger partial charge on any atom is 0.131 e. The van der Waals surface area contributed by atoms with E-state index in [1.807, 2.05) is 6.08 Å². The van der Waals surface area contributed by atoms with Gasteiger partial charge in [0.15, 0.2) is 0 Å². The highest BCUT2D eigenvalue weighted by Crippen LogP contribution is 2.21. The van der Waals surface area contributed by atoms with Crippen LogP contribution in [0.4, 0.5) is 4.39 Å². The lowest BCUT2D eigenvalue weighted by atomic mass is 10.0. The predicted octanol–water partition coefficient (Wildman–Crippen LogP) is 4.93. The Labute approximate surface area is 95.8 Å². The van der Waals surface area contributed by atoms with Crippen LogP contribution in [0.25, 0.3) is 6.08 Å². The second kappa shape index (κ2) is 5.92. The lowest BCUT2D eigenvalue weighted by Gasteiger charge is -2.04. The van der Waals surface area contributed by atoms with E-state index in [9.17, 15) is 4.39 Å². The van der Waals surface area contributed by atoms with Crippen molar-refractivity contribution in [1.29, 1.82) is 0 Å². The zero-order chi connectivity index (χ0) is 11.3. The van der Waals surface area contributed by atoms with Gasteiger partial charge in [-0.1, -0.05) is 50.1 Å². The molecule has 15 heavy (non-hydrogen) atoms. The number of halogens is 2. The van der Waals surface area contributed by atoms with E-state index >= 15 is 0 Å². The molecule has 0 radical (unpaired) electrons. The van der Waals surface area contributed by atoms with Crippen molar-refractivity contribution in [1.82, 2.24) is 0 Å². The van der Waals surface area contributed by atoms with Crippen molar-refractivity contribution in [3.8, 4) is 0 Å². The Bertz CT molecular complexity index is 324. The third-order valence-corrected chi connectivity index (χ3v) is 2.66. The molecule has 1 aromatic rings. The van der Waals surface area contributed by atoms with Gasteiger partial charge in [-0.25, -0.2) is 4.39 Å². The molecule has 0 saturated carbocycles. The first-order valence-corrected chi connectivity index (χ1v) is 5.65. The maximum absolute atomic E-state index is 13.4. The van der Waals surface area contributed by atoms with Crippen LogP contribution in [-0.4, -0.2) is 0 Å². The topological polar surface area (TPSA) is 0 Å². The van der Waals surface area contributed by atoms with Gasteiger partial charge >= 0.3 is 0 Å². The largest absolute Gasteiger partial charge is 0.206 e. The van der Waals surface area contributed by atoms with Gasteiger partial charge in [0.1, 0.15) is 5.82 Å². The van der Waals surface area contributed by atoms with Crippen LogP contribution in [0.5, 0.6) is 0 Å². The lowest BCUT2D eigenvalue weighted by Crippen LogP contribution is -1.88. The minimum absolute atomic E-state index is 0.262. The molecule has 0 saturated heterocycles. The smallest absolute Gasteiger partial charge is 0.131 e. The van der Waals surface area contributed by atoms with Crippen molar-refractivity contribution in [2.75, 3.05) is 0 Å². The molecular weight excluding hydrogens is 211 g/mol. The summed E-state index contributed by atoms with van der Waals surface area (Å²) in [6, 6.07) is 4.75. The summed E-state index contributed by atoms with van der Waals surface area (Å²) in [4.78, 5) is 0. The molecule has 0 aliphatic rings. The third-order valence-electron chi connectivity index (χ3n) is 2.34. The SMILES string of the molecule is CCCC(C)/C=C/c1c(F)cccc1Cl. The average Bonchev–Trinajstić information content (AvgIpc) is 2.17. The van der Waals surface area contributed by atoms with Crippen LogP contribution < -0.4 is 0 Å². The van der Waals surface area contributed by atoms with Gasteiger partial charge in [-0.15, -0.1) is 0 Å². The van der Waals surface area contributed by atoms with E-state index in [0.29, 0.717) is 16.5 Å². The van der Waals surface area contributed by atoms with E-state index < -0.39 is 0 Å². The Balaban J connectivity index is 2.80. The highest BCUT2D eigenvalue weighted by Gasteiger charge is 2.03. The molecule has 0 amide bonds. The van der Waals surface area contributed by atoms with Gasteiger partial charge in [-0.2, -0.15) is 0 Å². The van der Waals surface area contributed by atoms with Gasteiger partial charge < -0.3 is 0 Å². The van der Waals surface area contributed by atoms with E-state index in [4.69, 9.17) is 11.6 Å². The summed E-state index contributed by atoms with van der Waals surface area (Å²) in [6.07, 6.45) is 6.03. The highest BCUT2D eigenvalue weighted by atomic mass is 35.5. The van der Waals surface area contributed by atoms with Crippen LogP contribution in [0.1, 0.15) is 32.3 Å². The molecule has 0 aromatic heterocycles. The third kappa shape index (κ3) is 3.67. The maximum atomic E-state index is 13.4. The molecule has 0 bridgehead atoms. The van der Waals surface area contributed by atoms with Crippen molar-refractivity contribution in [3.63, 3.8) is 0 Å². The molecule has 0 fully saturated rings. The minimum Gasteiger partial charge on any atom is -0.206 e. The van der Waals surface area contributed by atoms with Crippen LogP contribution >= 0.6 is 11.6 Å². The number of hydrogen-bond donors (Lipinski definition) is 0. The zero-order valence-electron chi connectivity index (χ0n) is 9.13. The quantitative estimate of drug-likeness (QED) is 0.683. The summed E-state index contributed by atoms with van der Waals surface area (Å²) in [6.45, 7) is 4.26. The minimum atomic E-state index is -0.262. The Kier molecular flexibility index (Phi) is 4.83. The van der Waals surface area contributed by atoms with Crippen LogP contribution in [0, 0.1) is 11.7 Å². The molecule has 0 nitrogen and oxygen atoms in total. The van der Waals surface area contributed by atoms with Gasteiger partial charge in [0.25, 0.3) is 0 Å². The van der Waals surface area contributed by atoms with Crippen LogP contribution in [0.15, 0.2) is 24.3 Å². The molecule has 0 aliphatic heterocycles. The highest BCUT2D eigenvalue weighted by molar-refractivity contribution is 6.32. The van der Waals surface area contributed by atoms with Gasteiger partial charge in [0.05, 0.1) is 5.02 Å². The average molecular weight is 227 g/mol. The van der Waals surface area contributed by atoms with Crippen molar-refractivity contribution >= 4 is 17.7 Å². The van der Waals surface area contributed by atoms with Crippen LogP contribution in [0.2, 0.25) is 5.02 Å². The van der Waals surface area contributed by atoms with E-state index in [2.05, 4.69) is 13.8 Å². The van der Waals surface area contributed by atoms with Crippen molar-refractivity contribution in [2.45, 2.75) is 26.7 Å². The van der Waals surface area contributed by atoms with E-state index in [0.717, 1.165) is 12.8 Å². The van der Waals surface area contributed by atoms with E-state index in [-0.39, 0.29) is 5.82 Å². The van der Waals surface area contributed by atoms with Crippen molar-refractivity contribution in [2.24, 2.45) is 5.92 Å². The van der Waals surface area contributed by atoms with Gasteiger partial charge in [-0.05, 0) is 24.5 Å². The first-order valence-electron chi connectivity index (χ1n) is 5.27. The summed E-state index contributed by atoms with van der Waals surface area (Å²) in [5.74, 6) is 0.202. The molecule has 1 aromatic carbocycles. The summed E-state index contributed by atoms with van der Waals surface area (Å²) in [5, 5.41) is 0.468. The summed E-state index contributed by atoms with van der Waals surface area (Å²) >= 11 is 5.90. The van der Waals surface area contributed by atoms with E-state index in [1.165, 1.54) is 6.07 Å². The number of hydrogen-bond acceptors (Lipinski definition) is 0. The second-order valence-corrected chi connectivity index (χ2v) is 4.17. The monoisotopic (exact) mass is 226 g/mol. The second-order valence-electron chi connectivity index (χ2n) is 3.76. The standard InChI is InChI=1S/C13H16ClF/c1-3-5-10(2)8-9-11-12(14)6-4-7-13(11)15/h4,6-10H,3,5H2,1-2H3/b9-8+. The molecule has 1 rings (SSSR count). The fraction of sp³-hybridized carbons (Fsp3) is 0.385. The molecule has 82 valence electrons. The lowest BCUT2D eigenvalue weighted by molar-refractivity contribution is 0.622. The zero-order valence-corrected chi connectivity index (χ0v) is 9.89.